The summed E-state index contributed by atoms with van der Waals surface area (Å²) in [4.78, 5) is 45.1. The van der Waals surface area contributed by atoms with Crippen molar-refractivity contribution in [1.29, 1.82) is 0 Å². The molecule has 1 saturated heterocycles. The molecule has 0 aromatic heterocycles. The summed E-state index contributed by atoms with van der Waals surface area (Å²) in [7, 11) is 0. The van der Waals surface area contributed by atoms with Gasteiger partial charge < -0.3 is 36.3 Å². The fraction of sp³-hybridized carbons (Fsp3) is 0.276. The number of hydrogen-bond acceptors (Lipinski definition) is 9. The average Bonchev–Trinajstić information content (AvgIpc) is 3.14. The minimum Gasteiger partial charge on any atom is -0.478 e. The number of nitrogens with zero attached hydrogens (tertiary/aromatic N) is 3. The Balaban J connectivity index is 0.000000365. The standard InChI is InChI=1S/C21H24ClFN4OS.2C4H4O4/c22-15-1-4-19-14(11-15)12-18(17-3-2-16(23)13-20(17)29-19)27-9-7-26(8-10-27)6-5-21(24)25-28;2*5-3(6)1-2-4(7)8/h1-4,11,13,18,28H,5-10,12H2,(H2,24,25);2*1-2H,(H,5,6)(H,7,8)/b;2*2-1-. The third-order valence-corrected chi connectivity index (χ3v) is 7.81. The van der Waals surface area contributed by atoms with Crippen LogP contribution in [0.5, 0.6) is 0 Å². The molecule has 13 nitrogen and oxygen atoms in total. The topological polar surface area (TPSA) is 214 Å². The molecule has 0 bridgehead atoms. The van der Waals surface area contributed by atoms with Gasteiger partial charge in [0, 0.05) is 84.3 Å². The first kappa shape index (κ1) is 36.8. The zero-order valence-corrected chi connectivity index (χ0v) is 25.3. The molecule has 1 fully saturated rings. The van der Waals surface area contributed by atoms with Crippen LogP contribution in [0.4, 0.5) is 4.39 Å². The van der Waals surface area contributed by atoms with Crippen LogP contribution in [-0.2, 0) is 25.6 Å². The lowest BCUT2D eigenvalue weighted by atomic mass is 9.96. The Morgan fingerprint density at radius 3 is 1.96 bits per heavy atom. The number of halogens is 2. The van der Waals surface area contributed by atoms with Gasteiger partial charge >= 0.3 is 23.9 Å². The number of carboxylic acids is 4. The van der Waals surface area contributed by atoms with E-state index in [-0.39, 0.29) is 17.7 Å². The molecular weight excluding hydrogens is 635 g/mol. The molecule has 2 aromatic carbocycles. The number of piperazine rings is 1. The van der Waals surface area contributed by atoms with Crippen molar-refractivity contribution in [3.8, 4) is 0 Å². The number of carbonyl (C=O) groups is 4. The molecule has 1 atom stereocenters. The van der Waals surface area contributed by atoms with Crippen molar-refractivity contribution in [2.24, 2.45) is 10.9 Å². The van der Waals surface area contributed by atoms with E-state index in [1.807, 2.05) is 24.3 Å². The second-order valence-electron chi connectivity index (χ2n) is 9.49. The van der Waals surface area contributed by atoms with Gasteiger partial charge in [-0.1, -0.05) is 34.6 Å². The molecule has 4 rings (SSSR count). The number of nitrogens with two attached hydrogens (primary N) is 1. The zero-order valence-electron chi connectivity index (χ0n) is 23.8. The van der Waals surface area contributed by atoms with Crippen molar-refractivity contribution < 1.29 is 49.2 Å². The summed E-state index contributed by atoms with van der Waals surface area (Å²) in [5, 5.41) is 43.7. The van der Waals surface area contributed by atoms with Crippen LogP contribution in [0.25, 0.3) is 0 Å². The molecule has 2 aromatic rings. The van der Waals surface area contributed by atoms with E-state index in [9.17, 15) is 23.6 Å². The van der Waals surface area contributed by atoms with Crippen LogP contribution in [0.15, 0.2) is 75.6 Å². The SMILES string of the molecule is N/C(CCN1CCN(C2Cc3cc(Cl)ccc3Sc3cc(F)ccc32)CC1)=N\O.O=C(O)/C=C\C(=O)O.O=C(O)/C=C\C(=O)O. The highest BCUT2D eigenvalue weighted by molar-refractivity contribution is 7.99. The predicted octanol–water partition coefficient (Wildman–Crippen LogP) is 3.41. The van der Waals surface area contributed by atoms with Crippen molar-refractivity contribution in [2.75, 3.05) is 32.7 Å². The van der Waals surface area contributed by atoms with Gasteiger partial charge in [0.1, 0.15) is 11.7 Å². The van der Waals surface area contributed by atoms with E-state index in [4.69, 9.17) is 43.0 Å². The molecule has 0 amide bonds. The first-order valence-corrected chi connectivity index (χ1v) is 14.4. The molecule has 0 radical (unpaired) electrons. The van der Waals surface area contributed by atoms with Gasteiger partial charge in [-0.25, -0.2) is 23.6 Å². The van der Waals surface area contributed by atoms with Crippen LogP contribution < -0.4 is 5.73 Å². The maximum Gasteiger partial charge on any atom is 0.328 e. The van der Waals surface area contributed by atoms with Crippen LogP contribution in [0.2, 0.25) is 5.02 Å². The number of oxime groups is 1. The highest BCUT2D eigenvalue weighted by atomic mass is 35.5. The first-order chi connectivity index (χ1) is 21.3. The molecule has 1 unspecified atom stereocenters. The molecule has 45 heavy (non-hydrogen) atoms. The summed E-state index contributed by atoms with van der Waals surface area (Å²) in [5.41, 5.74) is 7.98. The quantitative estimate of drug-likeness (QED) is 0.0784. The largest absolute Gasteiger partial charge is 0.478 e. The smallest absolute Gasteiger partial charge is 0.328 e. The Morgan fingerprint density at radius 2 is 1.44 bits per heavy atom. The van der Waals surface area contributed by atoms with Crippen LogP contribution in [0.1, 0.15) is 23.6 Å². The van der Waals surface area contributed by atoms with E-state index < -0.39 is 23.9 Å². The first-order valence-electron chi connectivity index (χ1n) is 13.3. The third-order valence-electron chi connectivity index (χ3n) is 6.39. The van der Waals surface area contributed by atoms with Crippen molar-refractivity contribution in [3.05, 3.63) is 82.7 Å². The second kappa shape index (κ2) is 18.4. The second-order valence-corrected chi connectivity index (χ2v) is 11.0. The van der Waals surface area contributed by atoms with Gasteiger partial charge in [0.2, 0.25) is 0 Å². The lowest BCUT2D eigenvalue weighted by molar-refractivity contribution is -0.134. The summed E-state index contributed by atoms with van der Waals surface area (Å²) in [6.45, 7) is 4.45. The van der Waals surface area contributed by atoms with Gasteiger partial charge in [-0.05, 0) is 47.9 Å². The van der Waals surface area contributed by atoms with Gasteiger partial charge in [0.25, 0.3) is 0 Å². The minimum atomic E-state index is -1.26. The highest BCUT2D eigenvalue weighted by Gasteiger charge is 2.30. The van der Waals surface area contributed by atoms with E-state index in [0.29, 0.717) is 30.7 Å². The maximum absolute atomic E-state index is 14.0. The van der Waals surface area contributed by atoms with Crippen LogP contribution in [0, 0.1) is 5.82 Å². The fourth-order valence-electron chi connectivity index (χ4n) is 4.35. The van der Waals surface area contributed by atoms with E-state index in [1.54, 1.807) is 23.9 Å². The maximum atomic E-state index is 14.0. The van der Waals surface area contributed by atoms with Gasteiger partial charge in [-0.3, -0.25) is 4.90 Å². The molecule has 0 saturated carbocycles. The molecule has 7 N–H and O–H groups in total. The predicted molar refractivity (Wildman–Crippen MR) is 163 cm³/mol. The third kappa shape index (κ3) is 13.4. The highest BCUT2D eigenvalue weighted by Crippen LogP contribution is 2.44. The summed E-state index contributed by atoms with van der Waals surface area (Å²) < 4.78 is 14.0. The summed E-state index contributed by atoms with van der Waals surface area (Å²) in [6.07, 6.45) is 3.64. The number of hydrogen-bond donors (Lipinski definition) is 6. The number of aliphatic carboxylic acids is 4. The van der Waals surface area contributed by atoms with E-state index in [1.165, 1.54) is 11.1 Å². The zero-order chi connectivity index (χ0) is 33.5. The van der Waals surface area contributed by atoms with Crippen LogP contribution in [-0.4, -0.2) is 97.9 Å². The van der Waals surface area contributed by atoms with Gasteiger partial charge in [0.15, 0.2) is 0 Å². The molecular formula is C29H32ClFN4O9S. The van der Waals surface area contributed by atoms with E-state index >= 15 is 0 Å². The van der Waals surface area contributed by atoms with Crippen molar-refractivity contribution >= 4 is 53.1 Å². The monoisotopic (exact) mass is 666 g/mol. The molecule has 2 aliphatic heterocycles. The van der Waals surface area contributed by atoms with Crippen molar-refractivity contribution in [1.82, 2.24) is 9.80 Å². The van der Waals surface area contributed by atoms with Crippen molar-refractivity contribution in [2.45, 2.75) is 28.7 Å². The molecule has 0 spiro atoms. The van der Waals surface area contributed by atoms with Gasteiger partial charge in [-0.15, -0.1) is 0 Å². The van der Waals surface area contributed by atoms with E-state index in [2.05, 4.69) is 15.0 Å². The van der Waals surface area contributed by atoms with Crippen LogP contribution >= 0.6 is 23.4 Å². The number of benzene rings is 2. The molecule has 2 aliphatic rings. The van der Waals surface area contributed by atoms with Gasteiger partial charge in [-0.2, -0.15) is 0 Å². The lowest BCUT2D eigenvalue weighted by Gasteiger charge is -2.39. The number of carboxylic acid groups (broad SMARTS) is 4. The average molecular weight is 667 g/mol. The Labute approximate surface area is 266 Å². The Bertz CT molecular complexity index is 1400. The number of fused-ring (bicyclic) bond motifs is 2. The molecule has 242 valence electrons. The van der Waals surface area contributed by atoms with E-state index in [0.717, 1.165) is 54.0 Å². The lowest BCUT2D eigenvalue weighted by Crippen LogP contribution is -2.48. The molecule has 16 heteroatoms. The molecule has 0 aliphatic carbocycles. The van der Waals surface area contributed by atoms with Crippen LogP contribution in [0.3, 0.4) is 0 Å². The molecule has 2 heterocycles. The normalized spacial score (nSPS) is 16.8. The number of amidine groups is 1. The Hall–Kier alpha value is -4.44. The summed E-state index contributed by atoms with van der Waals surface area (Å²) >= 11 is 7.89. The van der Waals surface area contributed by atoms with Crippen molar-refractivity contribution in [3.63, 3.8) is 0 Å². The Morgan fingerprint density at radius 1 is 0.889 bits per heavy atom. The minimum absolute atomic E-state index is 0.184. The fourth-order valence-corrected chi connectivity index (χ4v) is 5.68. The van der Waals surface area contributed by atoms with Gasteiger partial charge in [0.05, 0.1) is 0 Å². The summed E-state index contributed by atoms with van der Waals surface area (Å²) in [6, 6.07) is 11.3. The Kier molecular flexibility index (Phi) is 15.0. The summed E-state index contributed by atoms with van der Waals surface area (Å²) in [5.74, 6) is -4.97. The number of rotatable bonds is 8.